The van der Waals surface area contributed by atoms with Gasteiger partial charge < -0.3 is 10.4 Å². The lowest BCUT2D eigenvalue weighted by Gasteiger charge is -2.05. The standard InChI is InChI=1S/C12H14BrNO3S/c1-12(2)7(8(12)11(16)17)10(15)14-5-6-3-4-18-9(6)13/h3-4,7-8H,5H2,1-2H3,(H,14,15)(H,16,17)/t7-,8+/m1/s1. The molecule has 6 heteroatoms. The van der Waals surface area contributed by atoms with Gasteiger partial charge in [0.25, 0.3) is 0 Å². The van der Waals surface area contributed by atoms with E-state index in [0.717, 1.165) is 9.35 Å². The summed E-state index contributed by atoms with van der Waals surface area (Å²) in [5, 5.41) is 13.8. The molecule has 18 heavy (non-hydrogen) atoms. The van der Waals surface area contributed by atoms with Crippen LogP contribution in [0.15, 0.2) is 15.2 Å². The first-order valence-corrected chi connectivity index (χ1v) is 7.25. The van der Waals surface area contributed by atoms with Crippen molar-refractivity contribution in [3.8, 4) is 0 Å². The number of aliphatic carboxylic acids is 1. The highest BCUT2D eigenvalue weighted by atomic mass is 79.9. The number of carboxylic acid groups (broad SMARTS) is 1. The van der Waals surface area contributed by atoms with Crippen LogP contribution in [0.25, 0.3) is 0 Å². The number of carboxylic acids is 1. The number of carbonyl (C=O) groups is 2. The summed E-state index contributed by atoms with van der Waals surface area (Å²) in [5.74, 6) is -2.06. The number of hydrogen-bond acceptors (Lipinski definition) is 3. The van der Waals surface area contributed by atoms with Gasteiger partial charge in [0.2, 0.25) is 5.91 Å². The van der Waals surface area contributed by atoms with Crippen molar-refractivity contribution in [2.24, 2.45) is 17.3 Å². The average Bonchev–Trinajstić information content (AvgIpc) is 2.62. The number of halogens is 1. The highest BCUT2D eigenvalue weighted by Gasteiger charge is 2.65. The maximum absolute atomic E-state index is 12.0. The number of hydrogen-bond donors (Lipinski definition) is 2. The maximum atomic E-state index is 12.0. The molecule has 2 N–H and O–H groups in total. The van der Waals surface area contributed by atoms with Crippen LogP contribution in [0.2, 0.25) is 0 Å². The van der Waals surface area contributed by atoms with Gasteiger partial charge in [-0.05, 0) is 38.4 Å². The molecule has 1 aliphatic carbocycles. The fourth-order valence-electron chi connectivity index (χ4n) is 2.33. The van der Waals surface area contributed by atoms with Gasteiger partial charge in [0.15, 0.2) is 0 Å². The first kappa shape index (κ1) is 13.5. The van der Waals surface area contributed by atoms with Crippen LogP contribution in [0.4, 0.5) is 0 Å². The molecule has 0 saturated heterocycles. The summed E-state index contributed by atoms with van der Waals surface area (Å²) < 4.78 is 0.993. The van der Waals surface area contributed by atoms with E-state index in [2.05, 4.69) is 21.2 Å². The first-order chi connectivity index (χ1) is 8.35. The van der Waals surface area contributed by atoms with E-state index in [1.165, 1.54) is 0 Å². The van der Waals surface area contributed by atoms with E-state index in [9.17, 15) is 9.59 Å². The third-order valence-electron chi connectivity index (χ3n) is 3.52. The van der Waals surface area contributed by atoms with Gasteiger partial charge in [-0.1, -0.05) is 13.8 Å². The molecule has 1 saturated carbocycles. The minimum absolute atomic E-state index is 0.175. The molecule has 1 aromatic rings. The zero-order valence-electron chi connectivity index (χ0n) is 10.1. The molecule has 2 atom stereocenters. The summed E-state index contributed by atoms with van der Waals surface area (Å²) in [6.07, 6.45) is 0. The maximum Gasteiger partial charge on any atom is 0.307 e. The van der Waals surface area contributed by atoms with Gasteiger partial charge in [-0.25, -0.2) is 0 Å². The van der Waals surface area contributed by atoms with E-state index in [-0.39, 0.29) is 5.91 Å². The van der Waals surface area contributed by atoms with Crippen LogP contribution in [0.1, 0.15) is 19.4 Å². The van der Waals surface area contributed by atoms with Gasteiger partial charge >= 0.3 is 5.97 Å². The Morgan fingerprint density at radius 3 is 2.61 bits per heavy atom. The largest absolute Gasteiger partial charge is 0.481 e. The summed E-state index contributed by atoms with van der Waals surface area (Å²) in [5.41, 5.74) is 0.570. The third-order valence-corrected chi connectivity index (χ3v) is 5.33. The highest BCUT2D eigenvalue weighted by Crippen LogP contribution is 2.58. The van der Waals surface area contributed by atoms with Gasteiger partial charge in [-0.3, -0.25) is 9.59 Å². The van der Waals surface area contributed by atoms with E-state index >= 15 is 0 Å². The molecule has 1 fully saturated rings. The fourth-order valence-corrected chi connectivity index (χ4v) is 3.57. The minimum Gasteiger partial charge on any atom is -0.481 e. The predicted octanol–water partition coefficient (Wildman–Crippen LogP) is 2.48. The van der Waals surface area contributed by atoms with Crippen molar-refractivity contribution in [1.82, 2.24) is 5.32 Å². The lowest BCUT2D eigenvalue weighted by Crippen LogP contribution is -2.26. The molecular weight excluding hydrogens is 318 g/mol. The second-order valence-electron chi connectivity index (χ2n) is 5.05. The smallest absolute Gasteiger partial charge is 0.307 e. The van der Waals surface area contributed by atoms with Gasteiger partial charge in [0, 0.05) is 6.54 Å². The molecule has 2 rings (SSSR count). The van der Waals surface area contributed by atoms with Gasteiger partial charge in [0.1, 0.15) is 0 Å². The van der Waals surface area contributed by atoms with Crippen LogP contribution in [0.3, 0.4) is 0 Å². The van der Waals surface area contributed by atoms with Gasteiger partial charge in [0.05, 0.1) is 15.6 Å². The topological polar surface area (TPSA) is 66.4 Å². The Hall–Kier alpha value is -0.880. The van der Waals surface area contributed by atoms with E-state index < -0.39 is 23.2 Å². The van der Waals surface area contributed by atoms with Crippen molar-refractivity contribution in [3.05, 3.63) is 20.8 Å². The van der Waals surface area contributed by atoms with Crippen molar-refractivity contribution >= 4 is 39.1 Å². The second kappa shape index (κ2) is 4.66. The molecule has 1 aliphatic rings. The number of rotatable bonds is 4. The molecule has 0 aromatic carbocycles. The van der Waals surface area contributed by atoms with Crippen molar-refractivity contribution < 1.29 is 14.7 Å². The lowest BCUT2D eigenvalue weighted by atomic mass is 10.1. The van der Waals surface area contributed by atoms with Crippen molar-refractivity contribution in [2.75, 3.05) is 0 Å². The van der Waals surface area contributed by atoms with E-state index in [0.29, 0.717) is 6.54 Å². The molecule has 0 spiro atoms. The predicted molar refractivity (Wildman–Crippen MR) is 72.3 cm³/mol. The number of amides is 1. The Morgan fingerprint density at radius 2 is 2.17 bits per heavy atom. The van der Waals surface area contributed by atoms with Crippen molar-refractivity contribution in [2.45, 2.75) is 20.4 Å². The zero-order chi connectivity index (χ0) is 13.5. The number of nitrogens with one attached hydrogen (secondary N) is 1. The number of carbonyl (C=O) groups excluding carboxylic acids is 1. The molecule has 0 unspecified atom stereocenters. The molecular formula is C12H14BrNO3S. The SMILES string of the molecule is CC1(C)[C@H](C(=O)O)[C@@H]1C(=O)NCc1ccsc1Br. The van der Waals surface area contributed by atoms with Gasteiger partial charge in [-0.2, -0.15) is 0 Å². The quantitative estimate of drug-likeness (QED) is 0.890. The molecule has 1 amide bonds. The van der Waals surface area contributed by atoms with Crippen LogP contribution in [-0.4, -0.2) is 17.0 Å². The minimum atomic E-state index is -0.892. The normalized spacial score (nSPS) is 24.6. The third kappa shape index (κ3) is 2.31. The summed E-state index contributed by atoms with van der Waals surface area (Å²) in [6, 6.07) is 1.93. The Kier molecular flexibility index (Phi) is 3.51. The fraction of sp³-hybridized carbons (Fsp3) is 0.500. The summed E-state index contributed by atoms with van der Waals surface area (Å²) >= 11 is 4.96. The molecule has 98 valence electrons. The van der Waals surface area contributed by atoms with Crippen LogP contribution >= 0.6 is 27.3 Å². The number of thiophene rings is 1. The van der Waals surface area contributed by atoms with Gasteiger partial charge in [-0.15, -0.1) is 11.3 Å². The van der Waals surface area contributed by atoms with E-state index in [4.69, 9.17) is 5.11 Å². The first-order valence-electron chi connectivity index (χ1n) is 5.58. The summed E-state index contributed by atoms with van der Waals surface area (Å²) in [4.78, 5) is 22.9. The Bertz CT molecular complexity index is 497. The highest BCUT2D eigenvalue weighted by molar-refractivity contribution is 9.11. The molecule has 0 radical (unpaired) electrons. The zero-order valence-corrected chi connectivity index (χ0v) is 12.5. The summed E-state index contributed by atoms with van der Waals surface area (Å²) in [7, 11) is 0. The Balaban J connectivity index is 1.94. The molecule has 0 bridgehead atoms. The monoisotopic (exact) mass is 331 g/mol. The van der Waals surface area contributed by atoms with Crippen molar-refractivity contribution in [3.63, 3.8) is 0 Å². The van der Waals surface area contributed by atoms with E-state index in [1.807, 2.05) is 25.3 Å². The summed E-state index contributed by atoms with van der Waals surface area (Å²) in [6.45, 7) is 4.06. The molecule has 0 aliphatic heterocycles. The Morgan fingerprint density at radius 1 is 1.50 bits per heavy atom. The van der Waals surface area contributed by atoms with Crippen molar-refractivity contribution in [1.29, 1.82) is 0 Å². The molecule has 1 aromatic heterocycles. The molecule has 4 nitrogen and oxygen atoms in total. The van der Waals surface area contributed by atoms with Crippen LogP contribution in [-0.2, 0) is 16.1 Å². The molecule has 1 heterocycles. The second-order valence-corrected chi connectivity index (χ2v) is 7.29. The van der Waals surface area contributed by atoms with Crippen LogP contribution < -0.4 is 5.32 Å². The van der Waals surface area contributed by atoms with Crippen LogP contribution in [0, 0.1) is 17.3 Å². The average molecular weight is 332 g/mol. The van der Waals surface area contributed by atoms with E-state index in [1.54, 1.807) is 11.3 Å². The Labute approximate surface area is 118 Å². The van der Waals surface area contributed by atoms with Crippen LogP contribution in [0.5, 0.6) is 0 Å². The lowest BCUT2D eigenvalue weighted by molar-refractivity contribution is -0.140.